The second kappa shape index (κ2) is 8.11. The van der Waals surface area contributed by atoms with Crippen molar-refractivity contribution >= 4 is 0 Å². The minimum atomic E-state index is 0.679. The SMILES string of the molecule is CC.CC1CCn2c(cnc2CN2CCN(C(C)C)CC2)C1. The van der Waals surface area contributed by atoms with Gasteiger partial charge in [-0.25, -0.2) is 4.98 Å². The number of imidazole rings is 1. The summed E-state index contributed by atoms with van der Waals surface area (Å²) in [5.41, 5.74) is 1.44. The lowest BCUT2D eigenvalue weighted by atomic mass is 9.99. The highest BCUT2D eigenvalue weighted by molar-refractivity contribution is 5.09. The van der Waals surface area contributed by atoms with Crippen LogP contribution in [0.3, 0.4) is 0 Å². The number of hydrogen-bond acceptors (Lipinski definition) is 3. The number of nitrogens with zero attached hydrogens (tertiary/aromatic N) is 4. The maximum absolute atomic E-state index is 4.69. The molecule has 0 bridgehead atoms. The molecule has 0 aromatic carbocycles. The van der Waals surface area contributed by atoms with E-state index in [4.69, 9.17) is 0 Å². The fraction of sp³-hybridized carbons (Fsp3) is 0.833. The van der Waals surface area contributed by atoms with Crippen molar-refractivity contribution in [3.05, 3.63) is 17.7 Å². The Morgan fingerprint density at radius 3 is 2.45 bits per heavy atom. The molecule has 0 radical (unpaired) electrons. The van der Waals surface area contributed by atoms with E-state index in [-0.39, 0.29) is 0 Å². The first-order valence-electron chi connectivity index (χ1n) is 9.13. The predicted octanol–water partition coefficient (Wildman–Crippen LogP) is 3.02. The van der Waals surface area contributed by atoms with Crippen LogP contribution in [-0.2, 0) is 19.5 Å². The standard InChI is InChI=1S/C16H28N4.C2H6/c1-13(2)19-8-6-18(7-9-19)12-16-17-11-15-10-14(3)4-5-20(15)16;1-2/h11,13-14H,4-10,12H2,1-3H3;1-2H3. The summed E-state index contributed by atoms with van der Waals surface area (Å²) in [7, 11) is 0. The molecule has 1 fully saturated rings. The molecular weight excluding hydrogens is 272 g/mol. The Morgan fingerprint density at radius 2 is 1.82 bits per heavy atom. The summed E-state index contributed by atoms with van der Waals surface area (Å²) in [4.78, 5) is 9.82. The molecule has 0 saturated carbocycles. The highest BCUT2D eigenvalue weighted by Gasteiger charge is 2.22. The van der Waals surface area contributed by atoms with Gasteiger partial charge in [-0.3, -0.25) is 9.80 Å². The van der Waals surface area contributed by atoms with Crippen molar-refractivity contribution < 1.29 is 0 Å². The van der Waals surface area contributed by atoms with E-state index in [1.807, 2.05) is 13.8 Å². The van der Waals surface area contributed by atoms with Gasteiger partial charge in [-0.15, -0.1) is 0 Å². The van der Waals surface area contributed by atoms with Gasteiger partial charge < -0.3 is 4.57 Å². The van der Waals surface area contributed by atoms with Crippen LogP contribution in [0.25, 0.3) is 0 Å². The fourth-order valence-corrected chi connectivity index (χ4v) is 3.46. The van der Waals surface area contributed by atoms with Crippen molar-refractivity contribution in [1.82, 2.24) is 19.4 Å². The van der Waals surface area contributed by atoms with Crippen molar-refractivity contribution in [2.75, 3.05) is 26.2 Å². The summed E-state index contributed by atoms with van der Waals surface area (Å²) in [6.07, 6.45) is 4.61. The molecule has 2 aliphatic rings. The molecule has 22 heavy (non-hydrogen) atoms. The maximum atomic E-state index is 4.69. The Morgan fingerprint density at radius 1 is 1.14 bits per heavy atom. The molecule has 0 spiro atoms. The molecule has 1 atom stereocenters. The number of hydrogen-bond donors (Lipinski definition) is 0. The first-order valence-corrected chi connectivity index (χ1v) is 9.13. The molecule has 0 N–H and O–H groups in total. The number of aromatic nitrogens is 2. The summed E-state index contributed by atoms with van der Waals surface area (Å²) in [5, 5.41) is 0. The van der Waals surface area contributed by atoms with Crippen LogP contribution in [0.5, 0.6) is 0 Å². The van der Waals surface area contributed by atoms with Crippen LogP contribution in [0.2, 0.25) is 0 Å². The summed E-state index contributed by atoms with van der Waals surface area (Å²) in [6, 6.07) is 0.679. The van der Waals surface area contributed by atoms with Gasteiger partial charge in [-0.05, 0) is 32.6 Å². The lowest BCUT2D eigenvalue weighted by Gasteiger charge is -2.36. The third-order valence-electron chi connectivity index (χ3n) is 4.93. The van der Waals surface area contributed by atoms with E-state index < -0.39 is 0 Å². The van der Waals surface area contributed by atoms with E-state index in [2.05, 4.69) is 46.3 Å². The monoisotopic (exact) mass is 306 g/mol. The van der Waals surface area contributed by atoms with Crippen LogP contribution in [0.4, 0.5) is 0 Å². The number of fused-ring (bicyclic) bond motifs is 1. The number of piperazine rings is 1. The molecule has 2 aliphatic heterocycles. The third-order valence-corrected chi connectivity index (χ3v) is 4.93. The second-order valence-electron chi connectivity index (χ2n) is 6.82. The first kappa shape index (κ1) is 17.5. The zero-order valence-corrected chi connectivity index (χ0v) is 15.2. The normalized spacial score (nSPS) is 23.1. The van der Waals surface area contributed by atoms with Crippen molar-refractivity contribution in [2.45, 2.75) is 66.6 Å². The minimum Gasteiger partial charge on any atom is -0.331 e. The summed E-state index contributed by atoms with van der Waals surface area (Å²) < 4.78 is 2.47. The lowest BCUT2D eigenvalue weighted by molar-refractivity contribution is 0.101. The predicted molar refractivity (Wildman–Crippen MR) is 93.0 cm³/mol. The van der Waals surface area contributed by atoms with Gasteiger partial charge in [0.25, 0.3) is 0 Å². The molecule has 0 aliphatic carbocycles. The highest BCUT2D eigenvalue weighted by Crippen LogP contribution is 2.22. The average molecular weight is 306 g/mol. The molecule has 1 aromatic rings. The molecule has 1 unspecified atom stereocenters. The zero-order chi connectivity index (χ0) is 16.1. The first-order chi connectivity index (χ1) is 10.6. The van der Waals surface area contributed by atoms with E-state index in [0.717, 1.165) is 19.0 Å². The molecular formula is C18H34N4. The Hall–Kier alpha value is -0.870. The van der Waals surface area contributed by atoms with Crippen molar-refractivity contribution in [2.24, 2.45) is 5.92 Å². The van der Waals surface area contributed by atoms with Gasteiger partial charge in [0.15, 0.2) is 0 Å². The Labute approximate surface area is 136 Å². The van der Waals surface area contributed by atoms with Crippen LogP contribution >= 0.6 is 0 Å². The van der Waals surface area contributed by atoms with Gasteiger partial charge in [0.1, 0.15) is 5.82 Å². The van der Waals surface area contributed by atoms with Crippen molar-refractivity contribution in [3.8, 4) is 0 Å². The highest BCUT2D eigenvalue weighted by atomic mass is 15.3. The molecule has 126 valence electrons. The quantitative estimate of drug-likeness (QED) is 0.858. The maximum Gasteiger partial charge on any atom is 0.123 e. The van der Waals surface area contributed by atoms with Gasteiger partial charge in [0.05, 0.1) is 6.54 Å². The summed E-state index contributed by atoms with van der Waals surface area (Å²) >= 11 is 0. The van der Waals surface area contributed by atoms with E-state index >= 15 is 0 Å². The molecule has 1 saturated heterocycles. The second-order valence-corrected chi connectivity index (χ2v) is 6.82. The van der Waals surface area contributed by atoms with Crippen molar-refractivity contribution in [1.29, 1.82) is 0 Å². The van der Waals surface area contributed by atoms with Crippen molar-refractivity contribution in [3.63, 3.8) is 0 Å². The minimum absolute atomic E-state index is 0.679. The Balaban J connectivity index is 0.000000847. The molecule has 4 heteroatoms. The smallest absolute Gasteiger partial charge is 0.123 e. The van der Waals surface area contributed by atoms with Crippen LogP contribution < -0.4 is 0 Å². The van der Waals surface area contributed by atoms with E-state index in [9.17, 15) is 0 Å². The molecule has 3 rings (SSSR count). The fourth-order valence-electron chi connectivity index (χ4n) is 3.46. The van der Waals surface area contributed by atoms with Gasteiger partial charge in [0.2, 0.25) is 0 Å². The lowest BCUT2D eigenvalue weighted by Crippen LogP contribution is -2.48. The van der Waals surface area contributed by atoms with Gasteiger partial charge >= 0.3 is 0 Å². The third kappa shape index (κ3) is 4.11. The molecule has 1 aromatic heterocycles. The Bertz CT molecular complexity index is 444. The van der Waals surface area contributed by atoms with Crippen LogP contribution in [0.1, 0.15) is 52.6 Å². The molecule has 3 heterocycles. The summed E-state index contributed by atoms with van der Waals surface area (Å²) in [6.45, 7) is 17.9. The number of rotatable bonds is 3. The van der Waals surface area contributed by atoms with Gasteiger partial charge in [0, 0.05) is 50.7 Å². The van der Waals surface area contributed by atoms with Gasteiger partial charge in [-0.1, -0.05) is 20.8 Å². The van der Waals surface area contributed by atoms with E-state index in [0.29, 0.717) is 6.04 Å². The molecule has 4 nitrogen and oxygen atoms in total. The molecule has 0 amide bonds. The van der Waals surface area contributed by atoms with E-state index in [1.54, 1.807) is 0 Å². The largest absolute Gasteiger partial charge is 0.331 e. The van der Waals surface area contributed by atoms with Crippen LogP contribution in [0.15, 0.2) is 6.20 Å². The topological polar surface area (TPSA) is 24.3 Å². The van der Waals surface area contributed by atoms with E-state index in [1.165, 1.54) is 50.5 Å². The van der Waals surface area contributed by atoms with Gasteiger partial charge in [-0.2, -0.15) is 0 Å². The Kier molecular flexibility index (Phi) is 6.45. The van der Waals surface area contributed by atoms with Crippen LogP contribution in [0, 0.1) is 5.92 Å². The average Bonchev–Trinajstić information content (AvgIpc) is 2.92. The zero-order valence-electron chi connectivity index (χ0n) is 15.2. The summed E-state index contributed by atoms with van der Waals surface area (Å²) in [5.74, 6) is 2.10. The van der Waals surface area contributed by atoms with Crippen LogP contribution in [-0.4, -0.2) is 51.6 Å².